The predicted octanol–water partition coefficient (Wildman–Crippen LogP) is 3.17. The average molecular weight is 231 g/mol. The maximum absolute atomic E-state index is 11.6. The predicted molar refractivity (Wildman–Crippen MR) is 72.7 cm³/mol. The number of rotatable bonds is 4. The zero-order valence-corrected chi connectivity index (χ0v) is 11.0. The Hall–Kier alpha value is -1.57. The van der Waals surface area contributed by atoms with E-state index in [1.807, 2.05) is 44.2 Å². The lowest BCUT2D eigenvalue weighted by Gasteiger charge is -2.15. The van der Waals surface area contributed by atoms with Gasteiger partial charge < -0.3 is 5.32 Å². The first kappa shape index (κ1) is 13.5. The van der Waals surface area contributed by atoms with E-state index >= 15 is 0 Å². The lowest BCUT2D eigenvalue weighted by Crippen LogP contribution is -2.34. The van der Waals surface area contributed by atoms with Crippen molar-refractivity contribution in [2.75, 3.05) is 0 Å². The average Bonchev–Trinajstić information content (AvgIpc) is 2.28. The van der Waals surface area contributed by atoms with Crippen molar-refractivity contribution in [1.29, 1.82) is 0 Å². The minimum atomic E-state index is -0.0354. The van der Waals surface area contributed by atoms with Gasteiger partial charge >= 0.3 is 0 Å². The van der Waals surface area contributed by atoms with Gasteiger partial charge in [0.25, 0.3) is 0 Å². The van der Waals surface area contributed by atoms with Crippen molar-refractivity contribution in [3.63, 3.8) is 0 Å². The molecule has 0 heterocycles. The van der Waals surface area contributed by atoms with Crippen LogP contribution in [0, 0.1) is 12.8 Å². The van der Waals surface area contributed by atoms with Crippen molar-refractivity contribution in [2.24, 2.45) is 5.92 Å². The van der Waals surface area contributed by atoms with E-state index in [0.29, 0.717) is 5.92 Å². The zero-order chi connectivity index (χ0) is 12.8. The summed E-state index contributed by atoms with van der Waals surface area (Å²) in [5, 5.41) is 2.94. The molecule has 0 aliphatic heterocycles. The van der Waals surface area contributed by atoms with E-state index in [-0.39, 0.29) is 11.9 Å². The second kappa shape index (κ2) is 6.24. The van der Waals surface area contributed by atoms with Crippen LogP contribution in [0.3, 0.4) is 0 Å². The van der Waals surface area contributed by atoms with Crippen LogP contribution in [0.2, 0.25) is 0 Å². The van der Waals surface area contributed by atoms with Crippen LogP contribution in [0.5, 0.6) is 0 Å². The fourth-order valence-electron chi connectivity index (χ4n) is 1.29. The van der Waals surface area contributed by atoms with Gasteiger partial charge in [-0.1, -0.05) is 43.7 Å². The Morgan fingerprint density at radius 1 is 1.18 bits per heavy atom. The minimum absolute atomic E-state index is 0.0354. The molecule has 1 aromatic rings. The summed E-state index contributed by atoms with van der Waals surface area (Å²) in [5.41, 5.74) is 2.27. The Bertz CT molecular complexity index is 390. The third kappa shape index (κ3) is 4.85. The zero-order valence-electron chi connectivity index (χ0n) is 11.0. The number of aryl methyl sites for hydroxylation is 1. The minimum Gasteiger partial charge on any atom is -0.350 e. The van der Waals surface area contributed by atoms with Crippen molar-refractivity contribution < 1.29 is 4.79 Å². The molecule has 0 aliphatic carbocycles. The Morgan fingerprint density at radius 2 is 1.76 bits per heavy atom. The molecule has 0 saturated heterocycles. The number of hydrogen-bond acceptors (Lipinski definition) is 1. The van der Waals surface area contributed by atoms with Crippen molar-refractivity contribution in [3.8, 4) is 0 Å². The molecule has 1 aromatic carbocycles. The molecule has 0 saturated carbocycles. The van der Waals surface area contributed by atoms with Crippen LogP contribution < -0.4 is 5.32 Å². The molecular weight excluding hydrogens is 210 g/mol. The largest absolute Gasteiger partial charge is 0.350 e. The van der Waals surface area contributed by atoms with E-state index in [2.05, 4.69) is 19.2 Å². The molecule has 0 bridgehead atoms. The van der Waals surface area contributed by atoms with E-state index in [0.717, 1.165) is 5.56 Å². The van der Waals surface area contributed by atoms with Crippen molar-refractivity contribution >= 4 is 12.0 Å². The standard InChI is InChI=1S/C15H21NO/c1-11(2)13(4)16-15(17)10-9-14-7-5-12(3)6-8-14/h5-11,13H,1-4H3,(H,16,17)/b10-9+/t13-/m0/s1. The van der Waals surface area contributed by atoms with Crippen LogP contribution in [0.15, 0.2) is 30.3 Å². The molecule has 1 rings (SSSR count). The summed E-state index contributed by atoms with van der Waals surface area (Å²) < 4.78 is 0. The lowest BCUT2D eigenvalue weighted by molar-refractivity contribution is -0.117. The molecule has 0 fully saturated rings. The number of hydrogen-bond donors (Lipinski definition) is 1. The molecule has 1 N–H and O–H groups in total. The number of carbonyl (C=O) groups is 1. The second-order valence-corrected chi connectivity index (χ2v) is 4.79. The molecule has 2 heteroatoms. The molecule has 1 amide bonds. The van der Waals surface area contributed by atoms with Gasteiger partial charge in [0, 0.05) is 12.1 Å². The molecule has 1 atom stereocenters. The van der Waals surface area contributed by atoms with Crippen LogP contribution in [-0.2, 0) is 4.79 Å². The summed E-state index contributed by atoms with van der Waals surface area (Å²) in [4.78, 5) is 11.6. The highest BCUT2D eigenvalue weighted by Gasteiger charge is 2.07. The smallest absolute Gasteiger partial charge is 0.244 e. The van der Waals surface area contributed by atoms with Gasteiger partial charge in [-0.05, 0) is 31.4 Å². The first-order valence-electron chi connectivity index (χ1n) is 6.04. The SMILES string of the molecule is Cc1ccc(/C=C/C(=O)N[C@@H](C)C(C)C)cc1. The summed E-state index contributed by atoms with van der Waals surface area (Å²) in [5.74, 6) is 0.415. The first-order chi connectivity index (χ1) is 7.99. The summed E-state index contributed by atoms with van der Waals surface area (Å²) >= 11 is 0. The van der Waals surface area contributed by atoms with Crippen molar-refractivity contribution in [2.45, 2.75) is 33.7 Å². The first-order valence-corrected chi connectivity index (χ1v) is 6.04. The van der Waals surface area contributed by atoms with Gasteiger partial charge in [0.05, 0.1) is 0 Å². The van der Waals surface area contributed by atoms with Crippen LogP contribution in [-0.4, -0.2) is 11.9 Å². The Labute approximate surface area is 104 Å². The summed E-state index contributed by atoms with van der Waals surface area (Å²) in [6, 6.07) is 8.28. The van der Waals surface area contributed by atoms with Gasteiger partial charge in [-0.25, -0.2) is 0 Å². The number of carbonyl (C=O) groups excluding carboxylic acids is 1. The summed E-state index contributed by atoms with van der Waals surface area (Å²) in [6.07, 6.45) is 3.42. The van der Waals surface area contributed by atoms with E-state index in [1.54, 1.807) is 6.08 Å². The normalized spacial score (nSPS) is 13.0. The molecule has 0 spiro atoms. The number of nitrogens with one attached hydrogen (secondary N) is 1. The van der Waals surface area contributed by atoms with Gasteiger partial charge in [-0.15, -0.1) is 0 Å². The van der Waals surface area contributed by atoms with Crippen LogP contribution in [0.1, 0.15) is 31.9 Å². The maximum Gasteiger partial charge on any atom is 0.244 e. The quantitative estimate of drug-likeness (QED) is 0.792. The fraction of sp³-hybridized carbons (Fsp3) is 0.400. The molecule has 0 unspecified atom stereocenters. The van der Waals surface area contributed by atoms with Gasteiger partial charge in [0.1, 0.15) is 0 Å². The molecule has 0 radical (unpaired) electrons. The number of benzene rings is 1. The summed E-state index contributed by atoms with van der Waals surface area (Å²) in [6.45, 7) is 8.25. The van der Waals surface area contributed by atoms with Gasteiger partial charge in [0.2, 0.25) is 5.91 Å². The van der Waals surface area contributed by atoms with Gasteiger partial charge in [-0.3, -0.25) is 4.79 Å². The topological polar surface area (TPSA) is 29.1 Å². The Balaban J connectivity index is 2.53. The van der Waals surface area contributed by atoms with E-state index in [9.17, 15) is 4.79 Å². The highest BCUT2D eigenvalue weighted by molar-refractivity contribution is 5.91. The molecule has 17 heavy (non-hydrogen) atoms. The fourth-order valence-corrected chi connectivity index (χ4v) is 1.29. The summed E-state index contributed by atoms with van der Waals surface area (Å²) in [7, 11) is 0. The van der Waals surface area contributed by atoms with Crippen LogP contribution >= 0.6 is 0 Å². The van der Waals surface area contributed by atoms with Crippen molar-refractivity contribution in [3.05, 3.63) is 41.5 Å². The monoisotopic (exact) mass is 231 g/mol. The molecule has 92 valence electrons. The van der Waals surface area contributed by atoms with Crippen LogP contribution in [0.25, 0.3) is 6.08 Å². The van der Waals surface area contributed by atoms with E-state index in [1.165, 1.54) is 5.56 Å². The highest BCUT2D eigenvalue weighted by atomic mass is 16.1. The molecule has 2 nitrogen and oxygen atoms in total. The van der Waals surface area contributed by atoms with Gasteiger partial charge in [0.15, 0.2) is 0 Å². The Kier molecular flexibility index (Phi) is 4.95. The highest BCUT2D eigenvalue weighted by Crippen LogP contribution is 2.05. The molecular formula is C15H21NO. The van der Waals surface area contributed by atoms with Gasteiger partial charge in [-0.2, -0.15) is 0 Å². The Morgan fingerprint density at radius 3 is 2.29 bits per heavy atom. The second-order valence-electron chi connectivity index (χ2n) is 4.79. The van der Waals surface area contributed by atoms with E-state index < -0.39 is 0 Å². The van der Waals surface area contributed by atoms with Crippen molar-refractivity contribution in [1.82, 2.24) is 5.32 Å². The van der Waals surface area contributed by atoms with E-state index in [4.69, 9.17) is 0 Å². The lowest BCUT2D eigenvalue weighted by atomic mass is 10.1. The maximum atomic E-state index is 11.6. The third-order valence-electron chi connectivity index (χ3n) is 2.87. The molecule has 0 aromatic heterocycles. The number of amides is 1. The molecule has 0 aliphatic rings. The third-order valence-corrected chi connectivity index (χ3v) is 2.87. The van der Waals surface area contributed by atoms with Crippen LogP contribution in [0.4, 0.5) is 0 Å².